The van der Waals surface area contributed by atoms with Gasteiger partial charge in [0.2, 0.25) is 17.7 Å². The Hall–Kier alpha value is -0.240. The zero-order valence-corrected chi connectivity index (χ0v) is 30.1. The standard InChI is InChI=1S/C21H29N4O9P3S.2Na/c1-24(23-13-18-5-7-19(33-2)8-6-18)35(38)34-20-9-3-17(4-10-20)11-12-22-21(26)14-25(15-36(27,28)29)16-37(30,31)32;;/h3-10,13H,11-12,14-16H2,1-2H3,(H4-,22,26,27,28,29,30,31,32);;/q;2*+1/p-1. The number of carbonyl (C=O) groups excluding carboxylic acids is 1. The number of hydrogen-bond donors (Lipinski definition) is 3. The summed E-state index contributed by atoms with van der Waals surface area (Å²) < 4.78 is 34.6. The molecule has 0 spiro atoms. The van der Waals surface area contributed by atoms with Crippen LogP contribution in [0.25, 0.3) is 0 Å². The number of nitrogens with one attached hydrogen (secondary N) is 1. The smallest absolute Gasteiger partial charge is 0.778 e. The summed E-state index contributed by atoms with van der Waals surface area (Å²) in [5, 5.41) is 6.84. The van der Waals surface area contributed by atoms with E-state index in [4.69, 9.17) is 30.9 Å². The van der Waals surface area contributed by atoms with E-state index in [9.17, 15) is 23.7 Å². The number of carbonyl (C=O) groups is 1. The third kappa shape index (κ3) is 17.0. The quantitative estimate of drug-likeness (QED) is 0.0721. The zero-order chi connectivity index (χ0) is 28.3. The Morgan fingerprint density at radius 1 is 1.05 bits per heavy atom. The Labute approximate surface area is 283 Å². The van der Waals surface area contributed by atoms with Crippen molar-refractivity contribution < 1.29 is 102 Å². The number of benzene rings is 2. The van der Waals surface area contributed by atoms with Crippen molar-refractivity contribution in [1.82, 2.24) is 15.0 Å². The van der Waals surface area contributed by atoms with Gasteiger partial charge in [0, 0.05) is 6.54 Å². The number of hydrazone groups is 1. The van der Waals surface area contributed by atoms with Crippen LogP contribution in [0.2, 0.25) is 0 Å². The minimum Gasteiger partial charge on any atom is -0.778 e. The first-order chi connectivity index (χ1) is 17.7. The molecule has 2 rings (SSSR count). The van der Waals surface area contributed by atoms with Crippen LogP contribution in [0.15, 0.2) is 53.6 Å². The average molecular weight is 651 g/mol. The fraction of sp³-hybridized carbons (Fsp3) is 0.333. The van der Waals surface area contributed by atoms with Gasteiger partial charge in [0.05, 0.1) is 39.5 Å². The van der Waals surface area contributed by atoms with Crippen molar-refractivity contribution in [2.75, 3.05) is 39.8 Å². The molecule has 0 bridgehead atoms. The Morgan fingerprint density at radius 3 is 2.08 bits per heavy atom. The Kier molecular flexibility index (Phi) is 19.0. The molecule has 0 saturated carbocycles. The Bertz CT molecular complexity index is 1190. The maximum Gasteiger partial charge on any atom is 1.00 e. The molecule has 0 heterocycles. The molecule has 0 aliphatic rings. The summed E-state index contributed by atoms with van der Waals surface area (Å²) in [7, 11) is -7.94. The molecule has 0 aromatic heterocycles. The molecule has 13 nitrogen and oxygen atoms in total. The largest absolute Gasteiger partial charge is 1.00 e. The number of amides is 1. The molecule has 3 N–H and O–H groups in total. The topological polar surface area (TPSA) is 187 Å². The van der Waals surface area contributed by atoms with Crippen molar-refractivity contribution in [1.29, 1.82) is 0 Å². The molecule has 2 aromatic rings. The summed E-state index contributed by atoms with van der Waals surface area (Å²) in [6.45, 7) is -0.477. The van der Waals surface area contributed by atoms with Crippen molar-refractivity contribution in [3.05, 3.63) is 59.7 Å². The van der Waals surface area contributed by atoms with Gasteiger partial charge in [-0.1, -0.05) is 16.9 Å². The maximum absolute atomic E-state index is 12.1. The van der Waals surface area contributed by atoms with E-state index in [0.29, 0.717) is 17.1 Å². The molecular formula is C21H28N4Na2O9P3S+. The van der Waals surface area contributed by atoms with E-state index in [2.05, 4.69) is 10.4 Å². The van der Waals surface area contributed by atoms with Crippen LogP contribution in [-0.4, -0.2) is 71.4 Å². The van der Waals surface area contributed by atoms with Crippen molar-refractivity contribution in [2.24, 2.45) is 5.10 Å². The Balaban J connectivity index is 0.00000760. The fourth-order valence-corrected chi connectivity index (χ4v) is 5.51. The van der Waals surface area contributed by atoms with Gasteiger partial charge in [-0.3, -0.25) is 14.2 Å². The molecule has 0 radical (unpaired) electrons. The molecule has 0 aliphatic heterocycles. The fourth-order valence-electron chi connectivity index (χ4n) is 3.00. The number of methoxy groups -OCH3 is 1. The number of nitrogens with zero attached hydrogens (tertiary/aromatic N) is 3. The molecule has 40 heavy (non-hydrogen) atoms. The van der Waals surface area contributed by atoms with Crippen LogP contribution in [0, 0.1) is 0 Å². The van der Waals surface area contributed by atoms with Gasteiger partial charge >= 0.3 is 66.2 Å². The van der Waals surface area contributed by atoms with Gasteiger partial charge in [-0.25, -0.2) is 0 Å². The monoisotopic (exact) mass is 651 g/mol. The van der Waals surface area contributed by atoms with E-state index < -0.39 is 47.3 Å². The van der Waals surface area contributed by atoms with E-state index in [-0.39, 0.29) is 65.7 Å². The minimum absolute atomic E-state index is 0. The van der Waals surface area contributed by atoms with Gasteiger partial charge < -0.3 is 38.8 Å². The Morgan fingerprint density at radius 2 is 1.57 bits per heavy atom. The molecule has 3 atom stereocenters. The van der Waals surface area contributed by atoms with Gasteiger partial charge in [0.25, 0.3) is 0 Å². The van der Waals surface area contributed by atoms with Gasteiger partial charge in [0.1, 0.15) is 20.9 Å². The second-order valence-corrected chi connectivity index (χ2v) is 13.3. The van der Waals surface area contributed by atoms with E-state index in [1.54, 1.807) is 49.4 Å². The van der Waals surface area contributed by atoms with E-state index in [0.717, 1.165) is 16.9 Å². The van der Waals surface area contributed by atoms with Gasteiger partial charge in [-0.15, -0.1) is 5.10 Å². The van der Waals surface area contributed by atoms with Gasteiger partial charge in [0.15, 0.2) is 5.75 Å². The van der Waals surface area contributed by atoms with Crippen molar-refractivity contribution in [3.63, 3.8) is 0 Å². The number of rotatable bonds is 15. The first-order valence-electron chi connectivity index (χ1n) is 10.9. The summed E-state index contributed by atoms with van der Waals surface area (Å²) in [5.74, 6) is 0.605. The van der Waals surface area contributed by atoms with Gasteiger partial charge in [-0.05, 0) is 53.9 Å². The first kappa shape index (κ1) is 39.8. The van der Waals surface area contributed by atoms with E-state index in [1.807, 2.05) is 24.3 Å². The van der Waals surface area contributed by atoms with Crippen LogP contribution in [0.4, 0.5) is 0 Å². The average Bonchev–Trinajstić information content (AvgIpc) is 2.81. The molecule has 0 fully saturated rings. The van der Waals surface area contributed by atoms with Crippen LogP contribution in [0.3, 0.4) is 0 Å². The van der Waals surface area contributed by atoms with Crippen LogP contribution in [0.1, 0.15) is 11.1 Å². The maximum atomic E-state index is 12.1. The zero-order valence-electron chi connectivity index (χ0n) is 22.6. The second kappa shape index (κ2) is 19.1. The summed E-state index contributed by atoms with van der Waals surface area (Å²) >= 11 is 5.41. The first-order valence-corrected chi connectivity index (χ1v) is 16.7. The van der Waals surface area contributed by atoms with Crippen molar-refractivity contribution in [2.45, 2.75) is 6.42 Å². The predicted molar refractivity (Wildman–Crippen MR) is 143 cm³/mol. The van der Waals surface area contributed by atoms with Crippen LogP contribution >= 0.6 is 22.3 Å². The molecule has 0 aliphatic carbocycles. The van der Waals surface area contributed by atoms with Crippen LogP contribution in [-0.2, 0) is 32.2 Å². The van der Waals surface area contributed by atoms with Crippen molar-refractivity contribution in [3.8, 4) is 11.5 Å². The van der Waals surface area contributed by atoms with Crippen LogP contribution < -0.4 is 83.5 Å². The number of ether oxygens (including phenoxy) is 1. The molecule has 1 amide bonds. The molecule has 3 unspecified atom stereocenters. The SMILES string of the molecule is COc1ccc(C=NN(C)[P+](=S)Oc2ccc(CCNC(=O)CN(CP(=O)([O-])O)CP(=O)([O-])O)cc2)cc1.[Na+].[Na+]. The molecule has 208 valence electrons. The van der Waals surface area contributed by atoms with E-state index >= 15 is 0 Å². The molecular weight excluding hydrogens is 623 g/mol. The summed E-state index contributed by atoms with van der Waals surface area (Å²) in [5.41, 5.74) is 1.73. The van der Waals surface area contributed by atoms with Gasteiger partial charge in [-0.2, -0.15) is 0 Å². The third-order valence-corrected chi connectivity index (χ3v) is 8.08. The molecule has 2 aromatic carbocycles. The molecule has 0 saturated heterocycles. The number of hydrogen-bond acceptors (Lipinski definition) is 10. The van der Waals surface area contributed by atoms with Crippen molar-refractivity contribution >= 4 is 46.2 Å². The summed E-state index contributed by atoms with van der Waals surface area (Å²) in [6, 6.07) is 14.4. The van der Waals surface area contributed by atoms with Crippen LogP contribution in [0.5, 0.6) is 11.5 Å². The second-order valence-electron chi connectivity index (χ2n) is 7.97. The molecule has 19 heteroatoms. The normalized spacial score (nSPS) is 14.2. The summed E-state index contributed by atoms with van der Waals surface area (Å²) in [4.78, 5) is 52.7. The minimum atomic E-state index is -4.89. The third-order valence-electron chi connectivity index (χ3n) is 4.69. The van der Waals surface area contributed by atoms with E-state index in [1.165, 1.54) is 0 Å². The summed E-state index contributed by atoms with van der Waals surface area (Å²) in [6.07, 6.45) is -0.113. The predicted octanol–water partition coefficient (Wildman–Crippen LogP) is -5.21.